The summed E-state index contributed by atoms with van der Waals surface area (Å²) in [4.78, 5) is 22.7. The predicted octanol–water partition coefficient (Wildman–Crippen LogP) is -0.214. The molecule has 0 saturated carbocycles. The highest BCUT2D eigenvalue weighted by molar-refractivity contribution is 5.76. The number of aliphatic hydroxyl groups excluding tert-OH is 1. The van der Waals surface area contributed by atoms with Gasteiger partial charge in [-0.2, -0.15) is 0 Å². The van der Waals surface area contributed by atoms with Gasteiger partial charge in [-0.1, -0.05) is 0 Å². The minimum Gasteiger partial charge on any atom is -0.394 e. The van der Waals surface area contributed by atoms with Crippen molar-refractivity contribution >= 4 is 12.3 Å². The van der Waals surface area contributed by atoms with Gasteiger partial charge in [0.15, 0.2) is 6.23 Å². The van der Waals surface area contributed by atoms with Gasteiger partial charge in [0.2, 0.25) is 0 Å². The Hall–Kier alpha value is -1.47. The first kappa shape index (κ1) is 13.6. The molecular weight excluding hydrogens is 231 g/mol. The Morgan fingerprint density at radius 3 is 2.88 bits per heavy atom. The Labute approximate surface area is 98.0 Å². The van der Waals surface area contributed by atoms with Crippen LogP contribution in [0.1, 0.15) is 6.42 Å². The number of ether oxygens (including phenoxy) is 1. The van der Waals surface area contributed by atoms with Crippen molar-refractivity contribution in [3.8, 4) is 0 Å². The first-order valence-corrected chi connectivity index (χ1v) is 5.16. The van der Waals surface area contributed by atoms with Crippen LogP contribution >= 0.6 is 0 Å². The molecule has 0 bridgehead atoms. The van der Waals surface area contributed by atoms with Crippen LogP contribution in [0.3, 0.4) is 0 Å². The van der Waals surface area contributed by atoms with E-state index in [1.165, 1.54) is 7.05 Å². The molecule has 0 radical (unpaired) electrons. The number of halogens is 1. The summed E-state index contributed by atoms with van der Waals surface area (Å²) in [5.41, 5.74) is 0. The second-order valence-electron chi connectivity index (χ2n) is 3.52. The van der Waals surface area contributed by atoms with Gasteiger partial charge in [-0.3, -0.25) is 9.69 Å². The molecule has 0 aliphatic carbocycles. The highest BCUT2D eigenvalue weighted by Gasteiger charge is 2.40. The van der Waals surface area contributed by atoms with Crippen LogP contribution in [0, 0.1) is 0 Å². The summed E-state index contributed by atoms with van der Waals surface area (Å²) < 4.78 is 18.8. The van der Waals surface area contributed by atoms with E-state index in [0.717, 1.165) is 17.2 Å². The highest BCUT2D eigenvalue weighted by Crippen LogP contribution is 2.26. The number of alkyl halides is 1. The number of carbonyl (C=O) groups is 2. The van der Waals surface area contributed by atoms with Crippen molar-refractivity contribution in [3.63, 3.8) is 0 Å². The van der Waals surface area contributed by atoms with Gasteiger partial charge in [-0.25, -0.2) is 9.18 Å². The van der Waals surface area contributed by atoms with E-state index >= 15 is 0 Å². The van der Waals surface area contributed by atoms with Crippen molar-refractivity contribution in [2.45, 2.75) is 24.9 Å². The van der Waals surface area contributed by atoms with E-state index in [4.69, 9.17) is 9.84 Å². The lowest BCUT2D eigenvalue weighted by Gasteiger charge is -2.25. The molecule has 6 nitrogen and oxygen atoms in total. The highest BCUT2D eigenvalue weighted by atomic mass is 19.1. The number of hydrogen-bond donors (Lipinski definition) is 2. The number of aldehydes is 1. The number of nitrogens with zero attached hydrogens (tertiary/aromatic N) is 1. The van der Waals surface area contributed by atoms with Gasteiger partial charge in [-0.05, 0) is 6.08 Å². The SMILES string of the molecule is CNC(=O)N(/C=C\C=O)C1OC(CO)CC1F. The van der Waals surface area contributed by atoms with Crippen molar-refractivity contribution in [2.75, 3.05) is 13.7 Å². The molecule has 2 amide bonds. The molecule has 0 aromatic carbocycles. The zero-order valence-electron chi connectivity index (χ0n) is 9.38. The zero-order chi connectivity index (χ0) is 12.8. The van der Waals surface area contributed by atoms with Crippen LogP contribution < -0.4 is 5.32 Å². The topological polar surface area (TPSA) is 78.9 Å². The van der Waals surface area contributed by atoms with Crippen molar-refractivity contribution in [2.24, 2.45) is 0 Å². The lowest BCUT2D eigenvalue weighted by Crippen LogP contribution is -2.45. The third-order valence-electron chi connectivity index (χ3n) is 2.38. The van der Waals surface area contributed by atoms with E-state index in [9.17, 15) is 14.0 Å². The molecule has 17 heavy (non-hydrogen) atoms. The van der Waals surface area contributed by atoms with Crippen LogP contribution in [0.5, 0.6) is 0 Å². The van der Waals surface area contributed by atoms with Crippen molar-refractivity contribution in [1.82, 2.24) is 10.2 Å². The van der Waals surface area contributed by atoms with Gasteiger partial charge in [0.1, 0.15) is 12.5 Å². The van der Waals surface area contributed by atoms with Crippen LogP contribution in [-0.2, 0) is 9.53 Å². The van der Waals surface area contributed by atoms with Gasteiger partial charge in [0.25, 0.3) is 0 Å². The van der Waals surface area contributed by atoms with E-state index in [-0.39, 0.29) is 13.0 Å². The Kier molecular flexibility index (Phi) is 5.05. The van der Waals surface area contributed by atoms with E-state index in [1.807, 2.05) is 0 Å². The van der Waals surface area contributed by atoms with Crippen molar-refractivity contribution in [3.05, 3.63) is 12.3 Å². The predicted molar refractivity (Wildman–Crippen MR) is 56.8 cm³/mol. The molecule has 0 spiro atoms. The maximum atomic E-state index is 13.6. The number of amides is 2. The molecule has 2 N–H and O–H groups in total. The van der Waals surface area contributed by atoms with Crippen LogP contribution in [0.2, 0.25) is 0 Å². The molecule has 7 heteroatoms. The maximum absolute atomic E-state index is 13.6. The third-order valence-corrected chi connectivity index (χ3v) is 2.38. The molecule has 0 aromatic rings. The van der Waals surface area contributed by atoms with Gasteiger partial charge in [-0.15, -0.1) is 0 Å². The lowest BCUT2D eigenvalue weighted by atomic mass is 10.2. The van der Waals surface area contributed by atoms with Crippen LogP contribution in [0.25, 0.3) is 0 Å². The molecule has 1 aliphatic heterocycles. The lowest BCUT2D eigenvalue weighted by molar-refractivity contribution is -0.104. The first-order valence-electron chi connectivity index (χ1n) is 5.16. The number of allylic oxidation sites excluding steroid dienone is 1. The quantitative estimate of drug-likeness (QED) is 0.531. The number of rotatable bonds is 4. The fraction of sp³-hybridized carbons (Fsp3) is 0.600. The molecule has 1 rings (SSSR count). The Balaban J connectivity index is 2.79. The van der Waals surface area contributed by atoms with Gasteiger partial charge in [0, 0.05) is 19.7 Å². The molecular formula is C10H15FN2O4. The summed E-state index contributed by atoms with van der Waals surface area (Å²) in [6, 6.07) is -0.589. The monoisotopic (exact) mass is 246 g/mol. The van der Waals surface area contributed by atoms with Gasteiger partial charge < -0.3 is 15.2 Å². The number of hydrogen-bond acceptors (Lipinski definition) is 4. The average Bonchev–Trinajstić information content (AvgIpc) is 2.71. The second-order valence-corrected chi connectivity index (χ2v) is 3.52. The smallest absolute Gasteiger partial charge is 0.323 e. The van der Waals surface area contributed by atoms with Crippen LogP contribution in [0.4, 0.5) is 9.18 Å². The zero-order valence-corrected chi connectivity index (χ0v) is 9.38. The Bertz CT molecular complexity index is 311. The molecule has 1 saturated heterocycles. The van der Waals surface area contributed by atoms with E-state index in [2.05, 4.69) is 5.32 Å². The molecule has 3 atom stereocenters. The van der Waals surface area contributed by atoms with Crippen LogP contribution in [0.15, 0.2) is 12.3 Å². The molecule has 1 aliphatic rings. The standard InChI is InChI=1S/C10H15FN2O4/c1-12-10(16)13(3-2-4-14)9-8(11)5-7(6-15)17-9/h2-4,7-9,15H,5-6H2,1H3,(H,12,16)/b3-2-. The molecule has 1 heterocycles. The summed E-state index contributed by atoms with van der Waals surface area (Å²) in [6.07, 6.45) is -0.457. The van der Waals surface area contributed by atoms with Crippen molar-refractivity contribution in [1.29, 1.82) is 0 Å². The number of aliphatic hydroxyl groups is 1. The molecule has 96 valence electrons. The second kappa shape index (κ2) is 6.31. The number of nitrogens with one attached hydrogen (secondary N) is 1. The summed E-state index contributed by atoms with van der Waals surface area (Å²) >= 11 is 0. The summed E-state index contributed by atoms with van der Waals surface area (Å²) in [5.74, 6) is 0. The largest absolute Gasteiger partial charge is 0.394 e. The van der Waals surface area contributed by atoms with E-state index < -0.39 is 24.5 Å². The fourth-order valence-corrected chi connectivity index (χ4v) is 1.59. The van der Waals surface area contributed by atoms with Gasteiger partial charge >= 0.3 is 6.03 Å². The molecule has 1 fully saturated rings. The fourth-order valence-electron chi connectivity index (χ4n) is 1.59. The van der Waals surface area contributed by atoms with Crippen molar-refractivity contribution < 1.29 is 23.8 Å². The summed E-state index contributed by atoms with van der Waals surface area (Å²) in [7, 11) is 1.38. The maximum Gasteiger partial charge on any atom is 0.323 e. The Morgan fingerprint density at radius 1 is 1.71 bits per heavy atom. The summed E-state index contributed by atoms with van der Waals surface area (Å²) in [6.45, 7) is -0.310. The number of urea groups is 1. The number of carbonyl (C=O) groups excluding carboxylic acids is 2. The van der Waals surface area contributed by atoms with Crippen LogP contribution in [-0.4, -0.2) is 54.5 Å². The van der Waals surface area contributed by atoms with Gasteiger partial charge in [0.05, 0.1) is 12.7 Å². The first-order chi connectivity index (χ1) is 8.13. The van der Waals surface area contributed by atoms with E-state index in [1.54, 1.807) is 0 Å². The third kappa shape index (κ3) is 3.24. The summed E-state index contributed by atoms with van der Waals surface area (Å²) in [5, 5.41) is 11.2. The minimum atomic E-state index is -1.40. The van der Waals surface area contributed by atoms with E-state index in [0.29, 0.717) is 6.29 Å². The Morgan fingerprint density at radius 2 is 2.41 bits per heavy atom. The molecule has 3 unspecified atom stereocenters. The molecule has 0 aromatic heterocycles. The minimum absolute atomic E-state index is 0.0175. The normalized spacial score (nSPS) is 28.3. The average molecular weight is 246 g/mol.